The number of nitrogens with one attached hydrogen (secondary N) is 1. The first-order valence-electron chi connectivity index (χ1n) is 12.4. The van der Waals surface area contributed by atoms with Crippen LogP contribution < -0.4 is 14.8 Å². The van der Waals surface area contributed by atoms with Crippen molar-refractivity contribution in [2.24, 2.45) is 11.8 Å². The van der Waals surface area contributed by atoms with Gasteiger partial charge in [-0.05, 0) is 37.3 Å². The van der Waals surface area contributed by atoms with Crippen molar-refractivity contribution in [3.8, 4) is 23.5 Å². The Kier molecular flexibility index (Phi) is 9.36. The number of pyridine rings is 1. The van der Waals surface area contributed by atoms with E-state index < -0.39 is 12.1 Å². The highest BCUT2D eigenvalue weighted by molar-refractivity contribution is 5.97. The van der Waals surface area contributed by atoms with Crippen LogP contribution in [-0.4, -0.2) is 77.8 Å². The molecule has 0 fully saturated rings. The number of anilines is 1. The lowest BCUT2D eigenvalue weighted by atomic mass is 10.00. The SMILES string of the molecule is COc1ccc(NC(=O)N(C)C[C@@H]2Oc3ncc(C#CC(C)C)cc3C(=O)N([C@@H](C)CO)C[C@H]2C)cc1. The molecule has 9 heteroatoms. The number of hydrogen-bond donors (Lipinski definition) is 2. The maximum absolute atomic E-state index is 13.5. The second-order valence-corrected chi connectivity index (χ2v) is 9.66. The fourth-order valence-electron chi connectivity index (χ4n) is 3.86. The molecule has 1 aliphatic rings. The van der Waals surface area contributed by atoms with E-state index in [0.29, 0.717) is 23.5 Å². The third-order valence-corrected chi connectivity index (χ3v) is 6.17. The number of methoxy groups -OCH3 is 1. The summed E-state index contributed by atoms with van der Waals surface area (Å²) in [5.41, 5.74) is 1.54. The second kappa shape index (κ2) is 12.5. The van der Waals surface area contributed by atoms with Crippen LogP contribution in [0.4, 0.5) is 10.5 Å². The van der Waals surface area contributed by atoms with E-state index in [1.54, 1.807) is 62.5 Å². The zero-order chi connectivity index (χ0) is 27.1. The van der Waals surface area contributed by atoms with Crippen LogP contribution in [0.5, 0.6) is 11.6 Å². The summed E-state index contributed by atoms with van der Waals surface area (Å²) < 4.78 is 11.4. The van der Waals surface area contributed by atoms with Crippen LogP contribution >= 0.6 is 0 Å². The molecular formula is C28H36N4O5. The molecule has 3 rings (SSSR count). The Hall–Kier alpha value is -3.77. The second-order valence-electron chi connectivity index (χ2n) is 9.66. The summed E-state index contributed by atoms with van der Waals surface area (Å²) in [4.78, 5) is 34.0. The number of hydrogen-bond acceptors (Lipinski definition) is 6. The van der Waals surface area contributed by atoms with Gasteiger partial charge in [0.2, 0.25) is 5.88 Å². The number of rotatable bonds is 6. The Morgan fingerprint density at radius 3 is 2.65 bits per heavy atom. The minimum atomic E-state index is -0.452. The van der Waals surface area contributed by atoms with Crippen molar-refractivity contribution in [3.05, 3.63) is 47.7 Å². The van der Waals surface area contributed by atoms with Crippen LogP contribution in [0.15, 0.2) is 36.5 Å². The molecule has 0 radical (unpaired) electrons. The van der Waals surface area contributed by atoms with Crippen LogP contribution in [0.25, 0.3) is 0 Å². The van der Waals surface area contributed by atoms with Gasteiger partial charge in [-0.3, -0.25) is 4.79 Å². The van der Waals surface area contributed by atoms with Gasteiger partial charge in [-0.1, -0.05) is 32.6 Å². The summed E-state index contributed by atoms with van der Waals surface area (Å²) in [5, 5.41) is 12.7. The van der Waals surface area contributed by atoms with Gasteiger partial charge in [0.1, 0.15) is 17.4 Å². The number of urea groups is 1. The van der Waals surface area contributed by atoms with E-state index in [9.17, 15) is 14.7 Å². The average molecular weight is 509 g/mol. The van der Waals surface area contributed by atoms with E-state index in [1.165, 1.54) is 4.90 Å². The first kappa shape index (κ1) is 27.8. The number of aromatic nitrogens is 1. The molecule has 0 unspecified atom stereocenters. The number of aliphatic hydroxyl groups is 1. The molecule has 0 saturated heterocycles. The molecule has 2 heterocycles. The summed E-state index contributed by atoms with van der Waals surface area (Å²) in [6.45, 7) is 8.16. The van der Waals surface area contributed by atoms with E-state index >= 15 is 0 Å². The monoisotopic (exact) mass is 508 g/mol. The summed E-state index contributed by atoms with van der Waals surface area (Å²) in [6, 6.07) is 8.05. The molecule has 0 bridgehead atoms. The fourth-order valence-corrected chi connectivity index (χ4v) is 3.86. The summed E-state index contributed by atoms with van der Waals surface area (Å²) >= 11 is 0. The first-order valence-corrected chi connectivity index (χ1v) is 12.4. The molecule has 3 atom stereocenters. The molecule has 2 aromatic rings. The molecule has 0 aliphatic carbocycles. The van der Waals surface area contributed by atoms with Gasteiger partial charge < -0.3 is 29.7 Å². The van der Waals surface area contributed by atoms with E-state index in [4.69, 9.17) is 9.47 Å². The Labute approximate surface area is 218 Å². The third-order valence-electron chi connectivity index (χ3n) is 6.17. The number of nitrogens with zero attached hydrogens (tertiary/aromatic N) is 3. The average Bonchev–Trinajstić information content (AvgIpc) is 2.89. The predicted octanol–water partition coefficient (Wildman–Crippen LogP) is 3.48. The molecule has 9 nitrogen and oxygen atoms in total. The van der Waals surface area contributed by atoms with Crippen LogP contribution in [0.3, 0.4) is 0 Å². The number of fused-ring (bicyclic) bond motifs is 1. The van der Waals surface area contributed by atoms with Crippen molar-refractivity contribution in [1.82, 2.24) is 14.8 Å². The van der Waals surface area contributed by atoms with Gasteiger partial charge in [0.25, 0.3) is 5.91 Å². The molecule has 1 aromatic carbocycles. The largest absolute Gasteiger partial charge is 0.497 e. The molecular weight excluding hydrogens is 472 g/mol. The first-order chi connectivity index (χ1) is 17.6. The van der Waals surface area contributed by atoms with Gasteiger partial charge in [-0.15, -0.1) is 0 Å². The van der Waals surface area contributed by atoms with Crippen molar-refractivity contribution in [3.63, 3.8) is 0 Å². The zero-order valence-corrected chi connectivity index (χ0v) is 22.3. The third kappa shape index (κ3) is 7.14. The molecule has 37 heavy (non-hydrogen) atoms. The Bertz CT molecular complexity index is 1160. The van der Waals surface area contributed by atoms with Crippen molar-refractivity contribution >= 4 is 17.6 Å². The number of likely N-dealkylation sites (N-methyl/N-ethyl adjacent to an activating group) is 1. The maximum Gasteiger partial charge on any atom is 0.321 e. The standard InChI is InChI=1S/C28H36N4O5/c1-18(2)7-8-21-13-24-26(29-14-21)37-25(19(3)15-32(27(24)34)20(4)17-33)16-31(5)28(35)30-22-9-11-23(36-6)12-10-22/h9-14,18-20,25,33H,15-17H2,1-6H3,(H,30,35)/t19-,20+,25+/m1/s1. The lowest BCUT2D eigenvalue weighted by Crippen LogP contribution is -2.50. The molecule has 198 valence electrons. The highest BCUT2D eigenvalue weighted by Crippen LogP contribution is 2.27. The normalized spacial score (nSPS) is 17.9. The molecule has 0 saturated carbocycles. The zero-order valence-electron chi connectivity index (χ0n) is 22.3. The van der Waals surface area contributed by atoms with E-state index in [0.717, 1.165) is 0 Å². The van der Waals surface area contributed by atoms with Crippen LogP contribution in [0, 0.1) is 23.7 Å². The quantitative estimate of drug-likeness (QED) is 0.579. The highest BCUT2D eigenvalue weighted by Gasteiger charge is 2.34. The topological polar surface area (TPSA) is 104 Å². The van der Waals surface area contributed by atoms with Gasteiger partial charge in [0, 0.05) is 42.9 Å². The summed E-state index contributed by atoms with van der Waals surface area (Å²) in [7, 11) is 3.27. The van der Waals surface area contributed by atoms with Crippen LogP contribution in [0.2, 0.25) is 0 Å². The number of ether oxygens (including phenoxy) is 2. The molecule has 2 N–H and O–H groups in total. The Morgan fingerprint density at radius 1 is 1.32 bits per heavy atom. The highest BCUT2D eigenvalue weighted by atomic mass is 16.5. The summed E-state index contributed by atoms with van der Waals surface area (Å²) in [5.74, 6) is 6.77. The molecule has 1 aliphatic heterocycles. The minimum absolute atomic E-state index is 0.149. The Balaban J connectivity index is 1.85. The van der Waals surface area contributed by atoms with Gasteiger partial charge in [0.05, 0.1) is 26.3 Å². The smallest absolute Gasteiger partial charge is 0.321 e. The van der Waals surface area contributed by atoms with Gasteiger partial charge in [-0.25, -0.2) is 9.78 Å². The van der Waals surface area contributed by atoms with E-state index in [2.05, 4.69) is 22.1 Å². The van der Waals surface area contributed by atoms with Crippen molar-refractivity contribution in [2.45, 2.75) is 39.8 Å². The lowest BCUT2D eigenvalue weighted by molar-refractivity contribution is 0.0356. The van der Waals surface area contributed by atoms with Gasteiger partial charge >= 0.3 is 6.03 Å². The number of amides is 3. The van der Waals surface area contributed by atoms with Crippen molar-refractivity contribution < 1.29 is 24.2 Å². The number of aliphatic hydroxyl groups excluding tert-OH is 1. The van der Waals surface area contributed by atoms with Gasteiger partial charge in [-0.2, -0.15) is 0 Å². The fraction of sp³-hybridized carbons (Fsp3) is 0.464. The number of carbonyl (C=O) groups excluding carboxylic acids is 2. The number of benzene rings is 1. The maximum atomic E-state index is 13.5. The van der Waals surface area contributed by atoms with Crippen LogP contribution in [0.1, 0.15) is 43.6 Å². The van der Waals surface area contributed by atoms with Crippen molar-refractivity contribution in [2.75, 3.05) is 39.2 Å². The molecule has 1 aromatic heterocycles. The summed E-state index contributed by atoms with van der Waals surface area (Å²) in [6.07, 6.45) is 1.14. The predicted molar refractivity (Wildman–Crippen MR) is 142 cm³/mol. The molecule has 3 amide bonds. The van der Waals surface area contributed by atoms with Crippen LogP contribution in [-0.2, 0) is 0 Å². The minimum Gasteiger partial charge on any atom is -0.497 e. The van der Waals surface area contributed by atoms with E-state index in [-0.39, 0.29) is 48.4 Å². The molecule has 0 spiro atoms. The Morgan fingerprint density at radius 2 is 2.03 bits per heavy atom. The van der Waals surface area contributed by atoms with Crippen molar-refractivity contribution in [1.29, 1.82) is 0 Å². The van der Waals surface area contributed by atoms with E-state index in [1.807, 2.05) is 20.8 Å². The van der Waals surface area contributed by atoms with Gasteiger partial charge in [0.15, 0.2) is 0 Å². The number of carbonyl (C=O) groups is 2. The lowest BCUT2D eigenvalue weighted by Gasteiger charge is -2.37.